The average molecular weight is 426 g/mol. The van der Waals surface area contributed by atoms with Gasteiger partial charge in [0, 0.05) is 25.2 Å². The van der Waals surface area contributed by atoms with Gasteiger partial charge >= 0.3 is 6.18 Å². The Morgan fingerprint density at radius 3 is 2.67 bits per heavy atom. The van der Waals surface area contributed by atoms with Gasteiger partial charge in [0.15, 0.2) is 6.10 Å². The maximum atomic E-state index is 14.4. The molecule has 0 spiro atoms. The van der Waals surface area contributed by atoms with Crippen molar-refractivity contribution in [2.45, 2.75) is 24.6 Å². The number of alkyl halides is 5. The van der Waals surface area contributed by atoms with Gasteiger partial charge in [0.1, 0.15) is 5.69 Å². The molecule has 1 amide bonds. The molecule has 1 aliphatic rings. The summed E-state index contributed by atoms with van der Waals surface area (Å²) in [7, 11) is 0. The summed E-state index contributed by atoms with van der Waals surface area (Å²) < 4.78 is 73.3. The highest BCUT2D eigenvalue weighted by atomic mass is 19.4. The Hall–Kier alpha value is -3.24. The Balaban J connectivity index is 1.53. The highest BCUT2D eigenvalue weighted by molar-refractivity contribution is 5.93. The van der Waals surface area contributed by atoms with E-state index in [2.05, 4.69) is 10.1 Å². The number of rotatable bonds is 3. The zero-order chi connectivity index (χ0) is 21.5. The van der Waals surface area contributed by atoms with Crippen LogP contribution in [0.5, 0.6) is 5.88 Å². The summed E-state index contributed by atoms with van der Waals surface area (Å²) in [5.41, 5.74) is -0.145. The number of carbonyl (C=O) groups excluding carboxylic acids is 1. The van der Waals surface area contributed by atoms with Crippen LogP contribution >= 0.6 is 0 Å². The third-order valence-electron chi connectivity index (χ3n) is 4.83. The van der Waals surface area contributed by atoms with E-state index < -0.39 is 42.6 Å². The van der Waals surface area contributed by atoms with Crippen LogP contribution in [0.1, 0.15) is 22.5 Å². The molecule has 1 atom stereocenters. The van der Waals surface area contributed by atoms with Crippen LogP contribution in [-0.2, 0) is 6.18 Å². The van der Waals surface area contributed by atoms with Gasteiger partial charge in [-0.05, 0) is 24.3 Å². The van der Waals surface area contributed by atoms with Gasteiger partial charge in [-0.3, -0.25) is 4.79 Å². The first kappa shape index (κ1) is 20.0. The molecule has 6 nitrogen and oxygen atoms in total. The maximum Gasteiger partial charge on any atom is 0.417 e. The number of carbonyl (C=O) groups is 1. The van der Waals surface area contributed by atoms with Gasteiger partial charge < -0.3 is 9.64 Å². The molecule has 3 aromatic rings. The molecular formula is C19H15F5N4O2. The van der Waals surface area contributed by atoms with Gasteiger partial charge in [-0.15, -0.1) is 0 Å². The smallest absolute Gasteiger partial charge is 0.417 e. The second kappa shape index (κ2) is 7.22. The summed E-state index contributed by atoms with van der Waals surface area (Å²) >= 11 is 0. The molecule has 0 saturated carbocycles. The monoisotopic (exact) mass is 426 g/mol. The SMILES string of the molecule is O=C(c1cccc2ccnn12)N1CCC(F)(F)[C@@H](Oc2ccc(C(F)(F)F)cn2)C1. The van der Waals surface area contributed by atoms with Gasteiger partial charge in [0.05, 0.1) is 23.8 Å². The van der Waals surface area contributed by atoms with Crippen molar-refractivity contribution in [1.82, 2.24) is 19.5 Å². The van der Waals surface area contributed by atoms with E-state index in [9.17, 15) is 26.7 Å². The molecule has 4 rings (SSSR count). The third kappa shape index (κ3) is 3.79. The van der Waals surface area contributed by atoms with Crippen LogP contribution in [0.2, 0.25) is 0 Å². The fourth-order valence-electron chi connectivity index (χ4n) is 3.21. The van der Waals surface area contributed by atoms with Crippen LogP contribution < -0.4 is 4.74 Å². The molecule has 1 aliphatic heterocycles. The molecule has 30 heavy (non-hydrogen) atoms. The minimum atomic E-state index is -4.60. The van der Waals surface area contributed by atoms with E-state index in [1.807, 2.05) is 0 Å². The van der Waals surface area contributed by atoms with Gasteiger partial charge in [0.2, 0.25) is 5.88 Å². The lowest BCUT2D eigenvalue weighted by Gasteiger charge is -2.37. The van der Waals surface area contributed by atoms with Gasteiger partial charge in [0.25, 0.3) is 11.8 Å². The number of hydrogen-bond acceptors (Lipinski definition) is 4. The molecule has 0 aliphatic carbocycles. The number of halogens is 5. The lowest BCUT2D eigenvalue weighted by atomic mass is 10.0. The number of pyridine rings is 2. The molecule has 0 unspecified atom stereocenters. The molecule has 3 aromatic heterocycles. The largest absolute Gasteiger partial charge is 0.466 e. The van der Waals surface area contributed by atoms with E-state index in [0.717, 1.165) is 6.07 Å². The van der Waals surface area contributed by atoms with E-state index in [-0.39, 0.29) is 18.1 Å². The van der Waals surface area contributed by atoms with Crippen LogP contribution in [0.15, 0.2) is 48.8 Å². The lowest BCUT2D eigenvalue weighted by Crippen LogP contribution is -2.55. The van der Waals surface area contributed by atoms with Crippen molar-refractivity contribution in [3.8, 4) is 5.88 Å². The Morgan fingerprint density at radius 2 is 1.97 bits per heavy atom. The first-order chi connectivity index (χ1) is 14.1. The first-order valence-electron chi connectivity index (χ1n) is 8.95. The van der Waals surface area contributed by atoms with Gasteiger partial charge in [-0.1, -0.05) is 6.07 Å². The molecule has 1 saturated heterocycles. The van der Waals surface area contributed by atoms with Crippen LogP contribution in [-0.4, -0.2) is 50.5 Å². The van der Waals surface area contributed by atoms with Crippen molar-refractivity contribution >= 4 is 11.4 Å². The normalized spacial score (nSPS) is 19.1. The summed E-state index contributed by atoms with van der Waals surface area (Å²) in [5, 5.41) is 4.07. The van der Waals surface area contributed by atoms with Crippen LogP contribution in [0.4, 0.5) is 22.0 Å². The Bertz CT molecular complexity index is 1060. The number of nitrogens with zero attached hydrogens (tertiary/aromatic N) is 4. The minimum Gasteiger partial charge on any atom is -0.466 e. The molecule has 0 radical (unpaired) electrons. The summed E-state index contributed by atoms with van der Waals surface area (Å²) in [6.07, 6.45) is -4.98. The van der Waals surface area contributed by atoms with Gasteiger partial charge in [-0.25, -0.2) is 18.3 Å². The Labute approximate surface area is 166 Å². The number of likely N-dealkylation sites (tertiary alicyclic amines) is 1. The van der Waals surface area contributed by atoms with Crippen LogP contribution in [0.3, 0.4) is 0 Å². The summed E-state index contributed by atoms with van der Waals surface area (Å²) in [6, 6.07) is 8.21. The van der Waals surface area contributed by atoms with Crippen molar-refractivity contribution < 1.29 is 31.5 Å². The fraction of sp³-hybridized carbons (Fsp3) is 0.316. The Morgan fingerprint density at radius 1 is 1.17 bits per heavy atom. The maximum absolute atomic E-state index is 14.4. The fourth-order valence-corrected chi connectivity index (χ4v) is 3.21. The van der Waals surface area contributed by atoms with Crippen molar-refractivity contribution in [2.75, 3.05) is 13.1 Å². The second-order valence-corrected chi connectivity index (χ2v) is 6.83. The van der Waals surface area contributed by atoms with Crippen molar-refractivity contribution in [3.05, 3.63) is 60.0 Å². The summed E-state index contributed by atoms with van der Waals surface area (Å²) in [6.45, 7) is -0.657. The van der Waals surface area contributed by atoms with E-state index in [1.54, 1.807) is 18.2 Å². The highest BCUT2D eigenvalue weighted by Gasteiger charge is 2.47. The number of piperidine rings is 1. The van der Waals surface area contributed by atoms with Crippen molar-refractivity contribution in [3.63, 3.8) is 0 Å². The predicted molar refractivity (Wildman–Crippen MR) is 94.3 cm³/mol. The van der Waals surface area contributed by atoms with E-state index in [1.165, 1.54) is 21.7 Å². The summed E-state index contributed by atoms with van der Waals surface area (Å²) in [4.78, 5) is 17.6. The van der Waals surface area contributed by atoms with Crippen LogP contribution in [0.25, 0.3) is 5.52 Å². The number of aromatic nitrogens is 3. The molecule has 0 aromatic carbocycles. The first-order valence-corrected chi connectivity index (χ1v) is 8.95. The molecule has 158 valence electrons. The topological polar surface area (TPSA) is 59.7 Å². The zero-order valence-electron chi connectivity index (χ0n) is 15.3. The molecule has 11 heteroatoms. The highest BCUT2D eigenvalue weighted by Crippen LogP contribution is 2.33. The van der Waals surface area contributed by atoms with Crippen molar-refractivity contribution in [2.24, 2.45) is 0 Å². The molecule has 0 bridgehead atoms. The second-order valence-electron chi connectivity index (χ2n) is 6.83. The Kier molecular flexibility index (Phi) is 4.83. The number of hydrogen-bond donors (Lipinski definition) is 0. The number of amides is 1. The third-order valence-corrected chi connectivity index (χ3v) is 4.83. The molecular weight excluding hydrogens is 411 g/mol. The quantitative estimate of drug-likeness (QED) is 0.600. The standard InChI is InChI=1S/C19H15F5N4O2/c20-18(21)7-9-27(17(29)14-3-1-2-13-6-8-26-28(13)14)11-15(18)30-16-5-4-12(10-25-16)19(22,23)24/h1-6,8,10,15H,7,9,11H2/t15-/m0/s1. The molecule has 1 fully saturated rings. The molecule has 4 heterocycles. The van der Waals surface area contributed by atoms with Crippen molar-refractivity contribution in [1.29, 1.82) is 0 Å². The number of ether oxygens (including phenoxy) is 1. The minimum absolute atomic E-state index is 0.203. The van der Waals surface area contributed by atoms with Crippen LogP contribution in [0, 0.1) is 0 Å². The van der Waals surface area contributed by atoms with E-state index >= 15 is 0 Å². The van der Waals surface area contributed by atoms with Gasteiger partial charge in [-0.2, -0.15) is 18.3 Å². The molecule has 0 N–H and O–H groups in total. The van der Waals surface area contributed by atoms with E-state index in [4.69, 9.17) is 4.74 Å². The number of fused-ring (bicyclic) bond motifs is 1. The average Bonchev–Trinajstić information content (AvgIpc) is 3.17. The lowest BCUT2D eigenvalue weighted by molar-refractivity contribution is -0.138. The summed E-state index contributed by atoms with van der Waals surface area (Å²) in [5.74, 6) is -4.16. The predicted octanol–water partition coefficient (Wildman–Crippen LogP) is 3.68. The zero-order valence-corrected chi connectivity index (χ0v) is 15.3. The van der Waals surface area contributed by atoms with E-state index in [0.29, 0.717) is 17.8 Å².